The molecule has 0 radical (unpaired) electrons. The Morgan fingerprint density at radius 3 is 2.51 bits per heavy atom. The molecule has 4 heterocycles. The lowest BCUT2D eigenvalue weighted by atomic mass is 10.1. The van der Waals surface area contributed by atoms with Crippen LogP contribution in [0, 0.1) is 0 Å². The number of carbonyl (C=O) groups excluding carboxylic acids is 2. The number of halogens is 3. The molecule has 210 valence electrons. The van der Waals surface area contributed by atoms with E-state index in [4.69, 9.17) is 5.10 Å². The molecule has 1 saturated heterocycles. The quantitative estimate of drug-likeness (QED) is 0.303. The minimum atomic E-state index is -4.55. The zero-order chi connectivity index (χ0) is 28.6. The Bertz CT molecular complexity index is 1610. The van der Waals surface area contributed by atoms with Crippen molar-refractivity contribution in [1.29, 1.82) is 0 Å². The van der Waals surface area contributed by atoms with Crippen molar-refractivity contribution < 1.29 is 22.8 Å². The number of aromatic nitrogens is 3. The van der Waals surface area contributed by atoms with Gasteiger partial charge in [0.2, 0.25) is 0 Å². The van der Waals surface area contributed by atoms with Crippen LogP contribution in [0.15, 0.2) is 60.8 Å². The number of nitrogens with one attached hydrogen (secondary N) is 3. The fraction of sp³-hybridized carbons (Fsp3) is 0.241. The summed E-state index contributed by atoms with van der Waals surface area (Å²) in [5, 5.41) is 13.9. The number of aldehydes is 1. The first-order chi connectivity index (χ1) is 19.8. The molecule has 0 spiro atoms. The van der Waals surface area contributed by atoms with E-state index in [-0.39, 0.29) is 11.4 Å². The number of nitrogens with zero attached hydrogens (tertiary/aromatic N) is 4. The average molecular weight is 562 g/mol. The highest BCUT2D eigenvalue weighted by Gasteiger charge is 2.31. The summed E-state index contributed by atoms with van der Waals surface area (Å²) < 4.78 is 40.7. The molecule has 2 aromatic carbocycles. The molecule has 41 heavy (non-hydrogen) atoms. The number of carbonyl (C=O) groups is 2. The summed E-state index contributed by atoms with van der Waals surface area (Å²) in [5.41, 5.74) is 4.05. The van der Waals surface area contributed by atoms with Gasteiger partial charge < -0.3 is 20.9 Å². The molecule has 0 unspecified atom stereocenters. The first kappa shape index (κ1) is 26.5. The lowest BCUT2D eigenvalue weighted by Gasteiger charge is -2.30. The maximum atomic E-state index is 13.0. The fourth-order valence-electron chi connectivity index (χ4n) is 5.12. The van der Waals surface area contributed by atoms with E-state index in [1.807, 2.05) is 6.07 Å². The predicted octanol–water partition coefficient (Wildman–Crippen LogP) is 4.74. The maximum Gasteiger partial charge on any atom is 0.416 e. The third-order valence-corrected chi connectivity index (χ3v) is 7.27. The van der Waals surface area contributed by atoms with Crippen molar-refractivity contribution >= 4 is 35.2 Å². The van der Waals surface area contributed by atoms with E-state index in [2.05, 4.69) is 38.0 Å². The highest BCUT2D eigenvalue weighted by molar-refractivity contribution is 6.04. The molecule has 2 aromatic heterocycles. The Balaban J connectivity index is 1.21. The van der Waals surface area contributed by atoms with Gasteiger partial charge in [-0.3, -0.25) is 9.59 Å². The van der Waals surface area contributed by atoms with Gasteiger partial charge in [-0.2, -0.15) is 18.3 Å². The van der Waals surface area contributed by atoms with Crippen LogP contribution in [0.3, 0.4) is 0 Å². The molecule has 12 heteroatoms. The molecule has 6 rings (SSSR count). The molecule has 9 nitrogen and oxygen atoms in total. The number of hydrogen-bond donors (Lipinski definition) is 3. The number of benzene rings is 2. The predicted molar refractivity (Wildman–Crippen MR) is 149 cm³/mol. The van der Waals surface area contributed by atoms with E-state index in [0.29, 0.717) is 29.2 Å². The molecular weight excluding hydrogens is 535 g/mol. The molecule has 2 aliphatic rings. The van der Waals surface area contributed by atoms with E-state index in [1.165, 1.54) is 17.8 Å². The van der Waals surface area contributed by atoms with Gasteiger partial charge in [-0.25, -0.2) is 9.67 Å². The van der Waals surface area contributed by atoms with Gasteiger partial charge in [0.15, 0.2) is 6.29 Å². The largest absolute Gasteiger partial charge is 0.416 e. The number of anilines is 4. The monoisotopic (exact) mass is 561 g/mol. The maximum absolute atomic E-state index is 13.0. The van der Waals surface area contributed by atoms with Crippen LogP contribution >= 0.6 is 0 Å². The van der Waals surface area contributed by atoms with Gasteiger partial charge in [0.05, 0.1) is 11.1 Å². The first-order valence-corrected chi connectivity index (χ1v) is 13.2. The molecule has 3 N–H and O–H groups in total. The summed E-state index contributed by atoms with van der Waals surface area (Å²) in [6.45, 7) is 4.39. The van der Waals surface area contributed by atoms with Crippen LogP contribution in [0.4, 0.5) is 36.2 Å². The van der Waals surface area contributed by atoms with Crippen LogP contribution in [0.25, 0.3) is 11.3 Å². The Morgan fingerprint density at radius 1 is 1.00 bits per heavy atom. The molecule has 4 aromatic rings. The van der Waals surface area contributed by atoms with E-state index >= 15 is 0 Å². The SMILES string of the molecule is O=Cc1c(-c2ccc(C(=O)Nc3cc(C(F)(F)F)ccn3)cc2)nn2c1Nc1ccc(N3CCNCC3)cc1CC2. The minimum absolute atomic E-state index is 0.207. The summed E-state index contributed by atoms with van der Waals surface area (Å²) in [4.78, 5) is 31.1. The molecule has 0 bridgehead atoms. The highest BCUT2D eigenvalue weighted by Crippen LogP contribution is 2.35. The number of rotatable bonds is 5. The number of pyridine rings is 1. The Labute approximate surface area is 233 Å². The van der Waals surface area contributed by atoms with Gasteiger partial charge in [0.25, 0.3) is 5.91 Å². The number of hydrogen-bond acceptors (Lipinski definition) is 7. The Kier molecular flexibility index (Phi) is 6.91. The second-order valence-electron chi connectivity index (χ2n) is 9.86. The van der Waals surface area contributed by atoms with Gasteiger partial charge in [-0.1, -0.05) is 12.1 Å². The van der Waals surface area contributed by atoms with Gasteiger partial charge in [0.1, 0.15) is 17.3 Å². The molecule has 0 atom stereocenters. The number of fused-ring (bicyclic) bond motifs is 2. The second-order valence-corrected chi connectivity index (χ2v) is 9.86. The molecule has 2 aliphatic heterocycles. The number of aryl methyl sites for hydroxylation is 2. The second kappa shape index (κ2) is 10.7. The van der Waals surface area contributed by atoms with Crippen LogP contribution < -0.4 is 20.9 Å². The fourth-order valence-corrected chi connectivity index (χ4v) is 5.12. The molecule has 0 aliphatic carbocycles. The molecular formula is C29H26F3N7O2. The number of piperazine rings is 1. The van der Waals surface area contributed by atoms with Crippen molar-refractivity contribution in [3.8, 4) is 11.3 Å². The van der Waals surface area contributed by atoms with Crippen molar-refractivity contribution in [2.45, 2.75) is 19.1 Å². The summed E-state index contributed by atoms with van der Waals surface area (Å²) in [7, 11) is 0. The van der Waals surface area contributed by atoms with Gasteiger partial charge >= 0.3 is 6.18 Å². The van der Waals surface area contributed by atoms with Crippen molar-refractivity contribution in [2.24, 2.45) is 0 Å². The van der Waals surface area contributed by atoms with Crippen molar-refractivity contribution in [3.63, 3.8) is 0 Å². The van der Waals surface area contributed by atoms with Crippen LogP contribution in [-0.4, -0.2) is 53.1 Å². The third-order valence-electron chi connectivity index (χ3n) is 7.27. The Hall–Kier alpha value is -4.71. The average Bonchev–Trinajstić information content (AvgIpc) is 3.23. The lowest BCUT2D eigenvalue weighted by Crippen LogP contribution is -2.43. The molecule has 1 fully saturated rings. The van der Waals surface area contributed by atoms with Crippen molar-refractivity contribution in [3.05, 3.63) is 83.0 Å². The van der Waals surface area contributed by atoms with Crippen molar-refractivity contribution in [2.75, 3.05) is 41.7 Å². The zero-order valence-electron chi connectivity index (χ0n) is 21.8. The number of alkyl halides is 3. The summed E-state index contributed by atoms with van der Waals surface area (Å²) in [6, 6.07) is 14.3. The van der Waals surface area contributed by atoms with E-state index < -0.39 is 17.6 Å². The van der Waals surface area contributed by atoms with Crippen LogP contribution in [0.2, 0.25) is 0 Å². The van der Waals surface area contributed by atoms with E-state index in [9.17, 15) is 22.8 Å². The third kappa shape index (κ3) is 5.38. The van der Waals surface area contributed by atoms with Crippen molar-refractivity contribution in [1.82, 2.24) is 20.1 Å². The van der Waals surface area contributed by atoms with Crippen LogP contribution in [-0.2, 0) is 19.1 Å². The smallest absolute Gasteiger partial charge is 0.369 e. The van der Waals surface area contributed by atoms with Gasteiger partial charge in [-0.05, 0) is 54.4 Å². The Morgan fingerprint density at radius 2 is 1.78 bits per heavy atom. The van der Waals surface area contributed by atoms with Crippen LogP contribution in [0.1, 0.15) is 31.8 Å². The minimum Gasteiger partial charge on any atom is -0.369 e. The molecule has 0 saturated carbocycles. The normalized spacial score (nSPS) is 14.9. The summed E-state index contributed by atoms with van der Waals surface area (Å²) in [5.74, 6) is -0.222. The van der Waals surface area contributed by atoms with E-state index in [1.54, 1.807) is 16.8 Å². The highest BCUT2D eigenvalue weighted by atomic mass is 19.4. The van der Waals surface area contributed by atoms with Gasteiger partial charge in [-0.15, -0.1) is 0 Å². The standard InChI is InChI=1S/C29H26F3N7O2/c30-29(31,32)21-7-9-34-25(16-21)36-28(41)19-3-1-18(2-4-19)26-23(17-40)27-35-24-6-5-22(38-13-10-33-11-14-38)15-20(24)8-12-39(27)37-26/h1-7,9,15-17,33,35H,8,10-14H2,(H,34,36,41). The summed E-state index contributed by atoms with van der Waals surface area (Å²) in [6.07, 6.45) is -2.06. The lowest BCUT2D eigenvalue weighted by molar-refractivity contribution is -0.137. The zero-order valence-corrected chi connectivity index (χ0v) is 21.8. The number of amides is 1. The topological polar surface area (TPSA) is 104 Å². The van der Waals surface area contributed by atoms with Crippen LogP contribution in [0.5, 0.6) is 0 Å². The van der Waals surface area contributed by atoms with Gasteiger partial charge in [0, 0.05) is 61.4 Å². The summed E-state index contributed by atoms with van der Waals surface area (Å²) >= 11 is 0. The molecule has 1 amide bonds. The first-order valence-electron chi connectivity index (χ1n) is 13.2. The van der Waals surface area contributed by atoms with E-state index in [0.717, 1.165) is 68.5 Å².